The highest BCUT2D eigenvalue weighted by molar-refractivity contribution is 5.94. The van der Waals surface area contributed by atoms with Crippen LogP contribution in [0.5, 0.6) is 5.75 Å². The molecule has 1 atom stereocenters. The molecule has 0 saturated heterocycles. The van der Waals surface area contributed by atoms with Crippen molar-refractivity contribution in [2.75, 3.05) is 12.4 Å². The second-order valence-corrected chi connectivity index (χ2v) is 7.17. The fourth-order valence-corrected chi connectivity index (χ4v) is 4.10. The van der Waals surface area contributed by atoms with E-state index < -0.39 is 0 Å². The zero-order chi connectivity index (χ0) is 20.1. The number of methoxy groups -OCH3 is 1. The molecule has 5 rings (SSSR count). The summed E-state index contributed by atoms with van der Waals surface area (Å²) >= 11 is 0. The van der Waals surface area contributed by atoms with E-state index in [1.165, 1.54) is 0 Å². The molecule has 0 aliphatic carbocycles. The second-order valence-electron chi connectivity index (χ2n) is 7.17. The van der Waals surface area contributed by atoms with Crippen molar-refractivity contribution in [3.05, 3.63) is 71.5 Å². The van der Waals surface area contributed by atoms with Gasteiger partial charge in [0.2, 0.25) is 5.95 Å². The first kappa shape index (κ1) is 17.4. The summed E-state index contributed by atoms with van der Waals surface area (Å²) in [6.45, 7) is 4.21. The molecule has 7 nitrogen and oxygen atoms in total. The third-order valence-electron chi connectivity index (χ3n) is 5.42. The molecule has 1 aliphatic heterocycles. The first-order valence-electron chi connectivity index (χ1n) is 9.47. The maximum atomic E-state index is 6.10. The molecule has 146 valence electrons. The Labute approximate surface area is 168 Å². The fourth-order valence-electron chi connectivity index (χ4n) is 4.10. The Morgan fingerprint density at radius 1 is 1.07 bits per heavy atom. The normalized spacial score (nSPS) is 15.7. The van der Waals surface area contributed by atoms with Crippen LogP contribution in [-0.2, 0) is 0 Å². The van der Waals surface area contributed by atoms with E-state index in [9.17, 15) is 0 Å². The number of imidazole rings is 1. The molecule has 3 N–H and O–H groups in total. The summed E-state index contributed by atoms with van der Waals surface area (Å²) < 4.78 is 9.62. The molecule has 1 aliphatic rings. The van der Waals surface area contributed by atoms with Gasteiger partial charge in [0.05, 0.1) is 18.1 Å². The average molecular weight is 386 g/mol. The third-order valence-corrected chi connectivity index (χ3v) is 5.42. The summed E-state index contributed by atoms with van der Waals surface area (Å²) in [6, 6.07) is 18.3. The predicted molar refractivity (Wildman–Crippen MR) is 115 cm³/mol. The van der Waals surface area contributed by atoms with E-state index in [4.69, 9.17) is 15.5 Å². The van der Waals surface area contributed by atoms with Gasteiger partial charge in [0.15, 0.2) is 12.1 Å². The maximum absolute atomic E-state index is 6.10. The van der Waals surface area contributed by atoms with E-state index in [1.54, 1.807) is 7.11 Å². The van der Waals surface area contributed by atoms with E-state index in [2.05, 4.69) is 57.5 Å². The van der Waals surface area contributed by atoms with Crippen LogP contribution in [0.15, 0.2) is 59.6 Å². The number of rotatable bonds is 3. The molecular weight excluding hydrogens is 364 g/mol. The minimum atomic E-state index is -0.281. The molecule has 2 aromatic heterocycles. The minimum Gasteiger partial charge on any atom is -0.497 e. The number of para-hydroxylation sites is 2. The number of nitrogens with one attached hydrogen (secondary N) is 1. The monoisotopic (exact) mass is 386 g/mol. The first-order valence-corrected chi connectivity index (χ1v) is 9.47. The number of benzene rings is 2. The van der Waals surface area contributed by atoms with Crippen LogP contribution in [0.3, 0.4) is 0 Å². The summed E-state index contributed by atoms with van der Waals surface area (Å²) in [4.78, 5) is 9.41. The number of guanidine groups is 1. The summed E-state index contributed by atoms with van der Waals surface area (Å²) in [7, 11) is 1.67. The van der Waals surface area contributed by atoms with Crippen molar-refractivity contribution in [3.8, 4) is 11.4 Å². The van der Waals surface area contributed by atoms with E-state index in [0.29, 0.717) is 11.9 Å². The van der Waals surface area contributed by atoms with Gasteiger partial charge in [-0.05, 0) is 56.3 Å². The van der Waals surface area contributed by atoms with Gasteiger partial charge in [-0.2, -0.15) is 0 Å². The van der Waals surface area contributed by atoms with Gasteiger partial charge in [-0.25, -0.2) is 9.98 Å². The van der Waals surface area contributed by atoms with Crippen molar-refractivity contribution in [2.45, 2.75) is 20.0 Å². The molecule has 0 radical (unpaired) electrons. The SMILES string of the molecule is COc1ccc(-n2c(C)cc([C@@H]3N=C(N)Nc4nc5ccccc5n43)c2C)cc1. The van der Waals surface area contributed by atoms with Crippen LogP contribution in [-0.4, -0.2) is 27.2 Å². The topological polar surface area (TPSA) is 82.4 Å². The van der Waals surface area contributed by atoms with Gasteiger partial charge in [-0.1, -0.05) is 12.1 Å². The van der Waals surface area contributed by atoms with Gasteiger partial charge in [-0.15, -0.1) is 0 Å². The number of anilines is 1. The number of hydrogen-bond acceptors (Lipinski definition) is 5. The largest absolute Gasteiger partial charge is 0.497 e. The Balaban J connectivity index is 1.68. The van der Waals surface area contributed by atoms with Gasteiger partial charge in [-0.3, -0.25) is 9.88 Å². The summed E-state index contributed by atoms with van der Waals surface area (Å²) in [5.41, 5.74) is 12.4. The van der Waals surface area contributed by atoms with Gasteiger partial charge in [0.1, 0.15) is 5.75 Å². The summed E-state index contributed by atoms with van der Waals surface area (Å²) in [5.74, 6) is 1.91. The maximum Gasteiger partial charge on any atom is 0.212 e. The van der Waals surface area contributed by atoms with Crippen molar-refractivity contribution < 1.29 is 4.74 Å². The minimum absolute atomic E-state index is 0.281. The molecule has 0 fully saturated rings. The van der Waals surface area contributed by atoms with Crippen LogP contribution in [0.1, 0.15) is 23.1 Å². The number of aryl methyl sites for hydroxylation is 1. The lowest BCUT2D eigenvalue weighted by Crippen LogP contribution is -2.31. The van der Waals surface area contributed by atoms with Crippen LogP contribution in [0.4, 0.5) is 5.95 Å². The highest BCUT2D eigenvalue weighted by Gasteiger charge is 2.28. The van der Waals surface area contributed by atoms with Crippen LogP contribution in [0, 0.1) is 13.8 Å². The summed E-state index contributed by atoms with van der Waals surface area (Å²) in [5, 5.41) is 3.09. The zero-order valence-electron chi connectivity index (χ0n) is 16.5. The van der Waals surface area contributed by atoms with Crippen molar-refractivity contribution in [3.63, 3.8) is 0 Å². The van der Waals surface area contributed by atoms with E-state index in [-0.39, 0.29) is 6.17 Å². The smallest absolute Gasteiger partial charge is 0.212 e. The molecule has 3 heterocycles. The van der Waals surface area contributed by atoms with Crippen molar-refractivity contribution in [2.24, 2.45) is 10.7 Å². The van der Waals surface area contributed by atoms with E-state index >= 15 is 0 Å². The molecule has 7 heteroatoms. The molecular formula is C22H22N6O. The number of nitrogens with zero attached hydrogens (tertiary/aromatic N) is 4. The van der Waals surface area contributed by atoms with E-state index in [1.807, 2.05) is 30.3 Å². The van der Waals surface area contributed by atoms with Gasteiger partial charge in [0.25, 0.3) is 0 Å². The molecule has 0 spiro atoms. The Morgan fingerprint density at radius 3 is 2.59 bits per heavy atom. The molecule has 0 bridgehead atoms. The van der Waals surface area contributed by atoms with Crippen molar-refractivity contribution >= 4 is 22.9 Å². The van der Waals surface area contributed by atoms with Crippen molar-refractivity contribution in [1.29, 1.82) is 0 Å². The highest BCUT2D eigenvalue weighted by Crippen LogP contribution is 2.35. The Morgan fingerprint density at radius 2 is 1.83 bits per heavy atom. The molecule has 0 saturated carbocycles. The van der Waals surface area contributed by atoms with Crippen LogP contribution >= 0.6 is 0 Å². The third kappa shape index (κ3) is 2.66. The number of aromatic nitrogens is 3. The van der Waals surface area contributed by atoms with E-state index in [0.717, 1.165) is 39.4 Å². The number of aliphatic imine (C=N–C) groups is 1. The highest BCUT2D eigenvalue weighted by atomic mass is 16.5. The van der Waals surface area contributed by atoms with Crippen molar-refractivity contribution in [1.82, 2.24) is 14.1 Å². The lowest BCUT2D eigenvalue weighted by Gasteiger charge is -2.24. The quantitative estimate of drug-likeness (QED) is 0.562. The Bertz CT molecular complexity index is 1250. The van der Waals surface area contributed by atoms with Crippen LogP contribution in [0.2, 0.25) is 0 Å². The average Bonchev–Trinajstić information content (AvgIpc) is 3.24. The standard InChI is InChI=1S/C22H22N6O/c1-13-12-17(14(2)27(13)15-8-10-16(29-3)11-9-15)20-25-21(23)26-22-24-18-6-4-5-7-19(18)28(20)22/h4-12,20H,1-3H3,(H3,23,24,25,26)/t20-/m1/s1. The lowest BCUT2D eigenvalue weighted by molar-refractivity contribution is 0.414. The zero-order valence-corrected chi connectivity index (χ0v) is 16.5. The number of fused-ring (bicyclic) bond motifs is 3. The molecule has 4 aromatic rings. The Hall–Kier alpha value is -3.74. The van der Waals surface area contributed by atoms with Gasteiger partial charge >= 0.3 is 0 Å². The number of hydrogen-bond donors (Lipinski definition) is 2. The van der Waals surface area contributed by atoms with Crippen LogP contribution in [0.25, 0.3) is 16.7 Å². The van der Waals surface area contributed by atoms with Gasteiger partial charge in [0, 0.05) is 22.6 Å². The molecule has 29 heavy (non-hydrogen) atoms. The Kier molecular flexibility index (Phi) is 3.84. The second kappa shape index (κ2) is 6.41. The lowest BCUT2D eigenvalue weighted by atomic mass is 10.1. The van der Waals surface area contributed by atoms with Crippen LogP contribution < -0.4 is 15.8 Å². The fraction of sp³-hybridized carbons (Fsp3) is 0.182. The number of nitrogens with two attached hydrogens (primary N) is 1. The molecule has 2 aromatic carbocycles. The predicted octanol–water partition coefficient (Wildman–Crippen LogP) is 3.74. The number of ether oxygens (including phenoxy) is 1. The molecule has 0 amide bonds. The first-order chi connectivity index (χ1) is 14.1. The van der Waals surface area contributed by atoms with Gasteiger partial charge < -0.3 is 15.0 Å². The summed E-state index contributed by atoms with van der Waals surface area (Å²) in [6.07, 6.45) is -0.281. The molecule has 0 unspecified atom stereocenters.